The summed E-state index contributed by atoms with van der Waals surface area (Å²) in [6, 6.07) is 21.2. The second kappa shape index (κ2) is 19.9. The molecule has 0 amide bonds. The smallest absolute Gasteiger partial charge is 0.308 e. The molecular formula is C31H48O8Si. The second-order valence-corrected chi connectivity index (χ2v) is 14.4. The fourth-order valence-corrected chi connectivity index (χ4v) is 8.93. The van der Waals surface area contributed by atoms with Gasteiger partial charge in [-0.25, -0.2) is 0 Å². The van der Waals surface area contributed by atoms with Gasteiger partial charge in [-0.2, -0.15) is 0 Å². The van der Waals surface area contributed by atoms with Crippen LogP contribution in [-0.4, -0.2) is 93.6 Å². The third-order valence-corrected chi connectivity index (χ3v) is 11.2. The van der Waals surface area contributed by atoms with Crippen molar-refractivity contribution in [1.29, 1.82) is 0 Å². The molecule has 0 unspecified atom stereocenters. The van der Waals surface area contributed by atoms with E-state index in [2.05, 4.69) is 69.3 Å². The molecule has 0 N–H and O–H groups in total. The van der Waals surface area contributed by atoms with E-state index >= 15 is 0 Å². The van der Waals surface area contributed by atoms with Crippen LogP contribution in [0, 0.1) is 0 Å². The lowest BCUT2D eigenvalue weighted by Gasteiger charge is -2.43. The topological polar surface area (TPSA) is 81.7 Å². The summed E-state index contributed by atoms with van der Waals surface area (Å²) < 4.78 is 39.3. The van der Waals surface area contributed by atoms with Gasteiger partial charge in [-0.05, 0) is 22.3 Å². The van der Waals surface area contributed by atoms with Crippen molar-refractivity contribution in [2.45, 2.75) is 39.2 Å². The number of carbonyl (C=O) groups excluding carboxylic acids is 1. The molecule has 0 aliphatic heterocycles. The summed E-state index contributed by atoms with van der Waals surface area (Å²) in [4.78, 5) is 11.2. The quantitative estimate of drug-likeness (QED) is 0.120. The van der Waals surface area contributed by atoms with E-state index in [9.17, 15) is 4.79 Å². The van der Waals surface area contributed by atoms with E-state index < -0.39 is 8.32 Å². The average Bonchev–Trinajstić information content (AvgIpc) is 2.95. The van der Waals surface area contributed by atoms with Crippen molar-refractivity contribution < 1.29 is 37.6 Å². The highest BCUT2D eigenvalue weighted by Gasteiger charge is 2.49. The summed E-state index contributed by atoms with van der Waals surface area (Å²) in [5, 5.41) is 2.48. The summed E-state index contributed by atoms with van der Waals surface area (Å²) in [6.45, 7) is 14.2. The van der Waals surface area contributed by atoms with Crippen LogP contribution in [0.4, 0.5) is 0 Å². The summed E-state index contributed by atoms with van der Waals surface area (Å²) in [7, 11) is -2.53. The van der Waals surface area contributed by atoms with Gasteiger partial charge < -0.3 is 32.8 Å². The Morgan fingerprint density at radius 3 is 1.35 bits per heavy atom. The molecule has 2 rings (SSSR count). The summed E-state index contributed by atoms with van der Waals surface area (Å²) in [5.74, 6) is -0.244. The number of esters is 1. The van der Waals surface area contributed by atoms with Gasteiger partial charge in [-0.15, -0.1) is 0 Å². The lowest BCUT2D eigenvalue weighted by atomic mass is 10.2. The van der Waals surface area contributed by atoms with Crippen molar-refractivity contribution >= 4 is 24.7 Å². The molecule has 0 saturated carbocycles. The molecular weight excluding hydrogens is 528 g/mol. The first-order valence-electron chi connectivity index (χ1n) is 14.2. The van der Waals surface area contributed by atoms with Gasteiger partial charge in [-0.1, -0.05) is 81.4 Å². The zero-order chi connectivity index (χ0) is 28.9. The summed E-state index contributed by atoms with van der Waals surface area (Å²) >= 11 is 0. The van der Waals surface area contributed by atoms with E-state index in [-0.39, 0.29) is 17.4 Å². The normalized spacial score (nSPS) is 12.0. The maximum Gasteiger partial charge on any atom is 0.308 e. The van der Waals surface area contributed by atoms with Gasteiger partial charge in [0.1, 0.15) is 0 Å². The summed E-state index contributed by atoms with van der Waals surface area (Å²) in [6.07, 6.45) is 0.262. The lowest BCUT2D eigenvalue weighted by molar-refractivity contribution is -0.144. The summed E-state index contributed by atoms with van der Waals surface area (Å²) in [5.41, 5.74) is 0. The van der Waals surface area contributed by atoms with Crippen molar-refractivity contribution in [2.75, 3.05) is 79.3 Å². The van der Waals surface area contributed by atoms with Gasteiger partial charge in [0.25, 0.3) is 8.32 Å². The van der Waals surface area contributed by atoms with E-state index in [0.29, 0.717) is 79.3 Å². The number of hydrogen-bond acceptors (Lipinski definition) is 8. The van der Waals surface area contributed by atoms with E-state index in [1.807, 2.05) is 12.1 Å². The SMILES string of the molecule is CCOC(=O)CCOCCOCCOCCOCCOCCO[Si](c1ccccc1)(c1ccccc1)C(C)(C)C. The maximum atomic E-state index is 11.2. The highest BCUT2D eigenvalue weighted by atomic mass is 28.4. The average molecular weight is 577 g/mol. The van der Waals surface area contributed by atoms with Crippen LogP contribution in [0.5, 0.6) is 0 Å². The minimum Gasteiger partial charge on any atom is -0.466 e. The van der Waals surface area contributed by atoms with Crippen LogP contribution in [0.15, 0.2) is 60.7 Å². The maximum absolute atomic E-state index is 11.2. The Morgan fingerprint density at radius 2 is 0.975 bits per heavy atom. The molecule has 0 heterocycles. The van der Waals surface area contributed by atoms with Crippen molar-refractivity contribution in [3.05, 3.63) is 60.7 Å². The molecule has 0 bridgehead atoms. The third-order valence-electron chi connectivity index (χ3n) is 6.21. The van der Waals surface area contributed by atoms with Crippen LogP contribution >= 0.6 is 0 Å². The van der Waals surface area contributed by atoms with E-state index in [4.69, 9.17) is 32.8 Å². The van der Waals surface area contributed by atoms with Gasteiger partial charge in [0, 0.05) is 0 Å². The van der Waals surface area contributed by atoms with E-state index in [1.54, 1.807) is 6.92 Å². The molecule has 0 aliphatic carbocycles. The molecule has 40 heavy (non-hydrogen) atoms. The van der Waals surface area contributed by atoms with E-state index in [1.165, 1.54) is 10.4 Å². The van der Waals surface area contributed by atoms with Gasteiger partial charge in [0.15, 0.2) is 0 Å². The van der Waals surface area contributed by atoms with E-state index in [0.717, 1.165) is 0 Å². The number of benzene rings is 2. The molecule has 9 heteroatoms. The fraction of sp³-hybridized carbons (Fsp3) is 0.581. The van der Waals surface area contributed by atoms with Crippen LogP contribution in [0.25, 0.3) is 0 Å². The Balaban J connectivity index is 1.54. The zero-order valence-corrected chi connectivity index (χ0v) is 25.7. The number of carbonyl (C=O) groups is 1. The van der Waals surface area contributed by atoms with Crippen LogP contribution in [0.1, 0.15) is 34.1 Å². The molecule has 0 fully saturated rings. The van der Waals surface area contributed by atoms with Crippen molar-refractivity contribution in [1.82, 2.24) is 0 Å². The number of hydrogen-bond donors (Lipinski definition) is 0. The molecule has 0 aliphatic rings. The molecule has 0 spiro atoms. The molecule has 0 radical (unpaired) electrons. The zero-order valence-electron chi connectivity index (χ0n) is 24.7. The third kappa shape index (κ3) is 12.2. The fourth-order valence-electron chi connectivity index (χ4n) is 4.39. The van der Waals surface area contributed by atoms with Crippen molar-refractivity contribution in [2.24, 2.45) is 0 Å². The monoisotopic (exact) mass is 576 g/mol. The minimum atomic E-state index is -2.53. The van der Waals surface area contributed by atoms with Crippen LogP contribution in [0.3, 0.4) is 0 Å². The number of rotatable bonds is 22. The van der Waals surface area contributed by atoms with Crippen molar-refractivity contribution in [3.63, 3.8) is 0 Å². The predicted molar refractivity (Wildman–Crippen MR) is 159 cm³/mol. The Hall–Kier alpha value is -2.11. The lowest BCUT2D eigenvalue weighted by Crippen LogP contribution is -2.66. The van der Waals surface area contributed by atoms with Crippen LogP contribution < -0.4 is 10.4 Å². The predicted octanol–water partition coefficient (Wildman–Crippen LogP) is 3.60. The van der Waals surface area contributed by atoms with Crippen LogP contribution in [-0.2, 0) is 37.6 Å². The molecule has 224 valence electrons. The molecule has 2 aromatic carbocycles. The van der Waals surface area contributed by atoms with Gasteiger partial charge in [0.2, 0.25) is 0 Å². The first-order valence-corrected chi connectivity index (χ1v) is 16.1. The van der Waals surface area contributed by atoms with Crippen molar-refractivity contribution in [3.8, 4) is 0 Å². The van der Waals surface area contributed by atoms with Gasteiger partial charge in [-0.3, -0.25) is 4.79 Å². The molecule has 8 nitrogen and oxygen atoms in total. The molecule has 0 atom stereocenters. The molecule has 0 aromatic heterocycles. The largest absolute Gasteiger partial charge is 0.466 e. The first-order chi connectivity index (χ1) is 19.4. The number of ether oxygens (including phenoxy) is 6. The Morgan fingerprint density at radius 1 is 0.600 bits per heavy atom. The second-order valence-electron chi connectivity index (χ2n) is 10.1. The molecule has 2 aromatic rings. The minimum absolute atomic E-state index is 0.0526. The Labute approximate surface area is 241 Å². The standard InChI is InChI=1S/C31H48O8Si/c1-5-38-30(32)16-17-33-18-19-34-20-21-35-22-23-36-24-25-37-26-27-39-40(31(2,3)4,28-12-8-6-9-13-28)29-14-10-7-11-15-29/h6-15H,5,16-27H2,1-4H3. The van der Waals surface area contributed by atoms with Crippen LogP contribution in [0.2, 0.25) is 5.04 Å². The Kier molecular flexibility index (Phi) is 16.9. The first kappa shape index (κ1) is 34.1. The van der Waals surface area contributed by atoms with Gasteiger partial charge >= 0.3 is 5.97 Å². The van der Waals surface area contributed by atoms with Gasteiger partial charge in [0.05, 0.1) is 85.7 Å². The highest BCUT2D eigenvalue weighted by Crippen LogP contribution is 2.36. The highest BCUT2D eigenvalue weighted by molar-refractivity contribution is 6.99. The molecule has 0 saturated heterocycles. The Bertz CT molecular complexity index is 865.